The molecule has 0 aromatic heterocycles. The van der Waals surface area contributed by atoms with Gasteiger partial charge in [0.15, 0.2) is 0 Å². The highest BCUT2D eigenvalue weighted by atomic mass is 14.7. The van der Waals surface area contributed by atoms with E-state index >= 15 is 0 Å². The standard InChI is InChI=1S/C21H30N2/c1-20(2,3)16-7-9-18(22-13-11-16)15-19-10-8-17(12-14-23-19)21(4,5)6/h7-8,11-14H,9-10,15H2,1-6H3. The summed E-state index contributed by atoms with van der Waals surface area (Å²) >= 11 is 0. The summed E-state index contributed by atoms with van der Waals surface area (Å²) in [6, 6.07) is 0. The topological polar surface area (TPSA) is 24.7 Å². The highest BCUT2D eigenvalue weighted by molar-refractivity contribution is 6.06. The molecule has 0 spiro atoms. The fourth-order valence-electron chi connectivity index (χ4n) is 2.73. The van der Waals surface area contributed by atoms with Crippen molar-refractivity contribution in [2.75, 3.05) is 0 Å². The molecule has 0 fully saturated rings. The van der Waals surface area contributed by atoms with Crippen LogP contribution >= 0.6 is 0 Å². The minimum absolute atomic E-state index is 0.175. The first-order valence-electron chi connectivity index (χ1n) is 8.52. The van der Waals surface area contributed by atoms with E-state index < -0.39 is 0 Å². The Bertz CT molecular complexity index is 568. The van der Waals surface area contributed by atoms with Gasteiger partial charge >= 0.3 is 0 Å². The summed E-state index contributed by atoms with van der Waals surface area (Å²) in [5.74, 6) is 0. The highest BCUT2D eigenvalue weighted by Crippen LogP contribution is 2.29. The first kappa shape index (κ1) is 17.7. The smallest absolute Gasteiger partial charge is 0.0273 e. The van der Waals surface area contributed by atoms with Crippen LogP contribution in [-0.4, -0.2) is 11.4 Å². The van der Waals surface area contributed by atoms with Crippen LogP contribution in [0.4, 0.5) is 0 Å². The number of allylic oxidation sites excluding steroid dienone is 6. The summed E-state index contributed by atoms with van der Waals surface area (Å²) in [5.41, 5.74) is 5.45. The largest absolute Gasteiger partial charge is 0.265 e. The van der Waals surface area contributed by atoms with E-state index in [1.165, 1.54) is 22.6 Å². The summed E-state index contributed by atoms with van der Waals surface area (Å²) in [4.78, 5) is 9.28. The maximum atomic E-state index is 4.64. The second kappa shape index (κ2) is 6.82. The van der Waals surface area contributed by atoms with Gasteiger partial charge in [-0.05, 0) is 34.1 Å². The molecular formula is C21H30N2. The van der Waals surface area contributed by atoms with E-state index in [0.29, 0.717) is 0 Å². The van der Waals surface area contributed by atoms with E-state index in [4.69, 9.17) is 0 Å². The molecule has 2 heteroatoms. The van der Waals surface area contributed by atoms with Crippen LogP contribution in [0.1, 0.15) is 60.8 Å². The molecule has 2 heterocycles. The van der Waals surface area contributed by atoms with Crippen molar-refractivity contribution in [3.63, 3.8) is 0 Å². The van der Waals surface area contributed by atoms with Crippen molar-refractivity contribution in [3.05, 3.63) is 47.9 Å². The third kappa shape index (κ3) is 5.16. The fraction of sp³-hybridized carbons (Fsp3) is 0.524. The van der Waals surface area contributed by atoms with Crippen LogP contribution in [0.25, 0.3) is 0 Å². The maximum Gasteiger partial charge on any atom is 0.0273 e. The molecule has 0 radical (unpaired) electrons. The van der Waals surface area contributed by atoms with Crippen molar-refractivity contribution in [1.29, 1.82) is 0 Å². The van der Waals surface area contributed by atoms with Crippen LogP contribution in [0.15, 0.2) is 57.8 Å². The van der Waals surface area contributed by atoms with Gasteiger partial charge in [0.05, 0.1) is 0 Å². The fourth-order valence-corrected chi connectivity index (χ4v) is 2.73. The third-order valence-corrected chi connectivity index (χ3v) is 4.28. The quantitative estimate of drug-likeness (QED) is 0.594. The van der Waals surface area contributed by atoms with E-state index in [-0.39, 0.29) is 10.8 Å². The first-order valence-corrected chi connectivity index (χ1v) is 8.52. The second-order valence-electron chi connectivity index (χ2n) is 8.43. The van der Waals surface area contributed by atoms with Crippen molar-refractivity contribution >= 4 is 11.4 Å². The Morgan fingerprint density at radius 3 is 1.48 bits per heavy atom. The first-order chi connectivity index (χ1) is 10.7. The van der Waals surface area contributed by atoms with Gasteiger partial charge in [-0.2, -0.15) is 0 Å². The molecule has 0 saturated heterocycles. The molecule has 2 aliphatic heterocycles. The molecule has 2 aliphatic rings. The lowest BCUT2D eigenvalue weighted by Crippen LogP contribution is -2.09. The molecular weight excluding hydrogens is 280 g/mol. The van der Waals surface area contributed by atoms with Crippen LogP contribution in [0.3, 0.4) is 0 Å². The molecule has 0 aliphatic carbocycles. The van der Waals surface area contributed by atoms with Gasteiger partial charge in [-0.15, -0.1) is 0 Å². The lowest BCUT2D eigenvalue weighted by molar-refractivity contribution is 0.515. The molecule has 0 atom stereocenters. The van der Waals surface area contributed by atoms with Crippen molar-refractivity contribution < 1.29 is 0 Å². The average molecular weight is 310 g/mol. The van der Waals surface area contributed by atoms with Crippen LogP contribution < -0.4 is 0 Å². The van der Waals surface area contributed by atoms with E-state index in [0.717, 1.165) is 19.3 Å². The zero-order valence-corrected chi connectivity index (χ0v) is 15.5. The number of nitrogens with zero attached hydrogens (tertiary/aromatic N) is 2. The highest BCUT2D eigenvalue weighted by Gasteiger charge is 2.18. The Balaban J connectivity index is 2.05. The van der Waals surface area contributed by atoms with Gasteiger partial charge in [-0.1, -0.05) is 53.7 Å². The van der Waals surface area contributed by atoms with E-state index in [2.05, 4.69) is 75.8 Å². The van der Waals surface area contributed by atoms with Gasteiger partial charge in [-0.3, -0.25) is 9.98 Å². The molecule has 0 aromatic rings. The van der Waals surface area contributed by atoms with E-state index in [1.807, 2.05) is 12.4 Å². The van der Waals surface area contributed by atoms with Gasteiger partial charge in [-0.25, -0.2) is 0 Å². The number of aliphatic imine (C=N–C) groups is 2. The Kier molecular flexibility index (Phi) is 5.23. The number of hydrogen-bond acceptors (Lipinski definition) is 2. The predicted molar refractivity (Wildman–Crippen MR) is 102 cm³/mol. The summed E-state index contributed by atoms with van der Waals surface area (Å²) in [7, 11) is 0. The minimum atomic E-state index is 0.175. The molecule has 2 rings (SSSR count). The molecule has 2 nitrogen and oxygen atoms in total. The Hall–Kier alpha value is -1.70. The lowest BCUT2D eigenvalue weighted by Gasteiger charge is -2.19. The predicted octanol–water partition coefficient (Wildman–Crippen LogP) is 6.04. The molecule has 0 amide bonds. The monoisotopic (exact) mass is 310 g/mol. The summed E-state index contributed by atoms with van der Waals surface area (Å²) < 4.78 is 0. The molecule has 0 unspecified atom stereocenters. The van der Waals surface area contributed by atoms with Gasteiger partial charge < -0.3 is 0 Å². The maximum absolute atomic E-state index is 4.64. The van der Waals surface area contributed by atoms with E-state index in [1.54, 1.807) is 0 Å². The average Bonchev–Trinajstić information content (AvgIpc) is 2.78. The molecule has 0 bridgehead atoms. The molecule has 0 N–H and O–H groups in total. The van der Waals surface area contributed by atoms with Gasteiger partial charge in [0.1, 0.15) is 0 Å². The van der Waals surface area contributed by atoms with Crippen LogP contribution in [-0.2, 0) is 0 Å². The molecule has 23 heavy (non-hydrogen) atoms. The van der Waals surface area contributed by atoms with Crippen LogP contribution in [0.2, 0.25) is 0 Å². The number of hydrogen-bond donors (Lipinski definition) is 0. The van der Waals surface area contributed by atoms with Crippen molar-refractivity contribution in [1.82, 2.24) is 0 Å². The van der Waals surface area contributed by atoms with Crippen molar-refractivity contribution in [3.8, 4) is 0 Å². The zero-order chi connectivity index (χ0) is 17.1. The molecule has 0 aromatic carbocycles. The van der Waals surface area contributed by atoms with Crippen molar-refractivity contribution in [2.24, 2.45) is 20.8 Å². The van der Waals surface area contributed by atoms with Gasteiger partial charge in [0, 0.05) is 43.1 Å². The Labute approximate surface area is 141 Å². The zero-order valence-electron chi connectivity index (χ0n) is 15.5. The molecule has 124 valence electrons. The van der Waals surface area contributed by atoms with Crippen LogP contribution in [0, 0.1) is 10.8 Å². The Morgan fingerprint density at radius 2 is 1.13 bits per heavy atom. The number of rotatable bonds is 2. The summed E-state index contributed by atoms with van der Waals surface area (Å²) in [6.07, 6.45) is 15.5. The second-order valence-corrected chi connectivity index (χ2v) is 8.43. The summed E-state index contributed by atoms with van der Waals surface area (Å²) in [5, 5.41) is 0. The van der Waals surface area contributed by atoms with Crippen LogP contribution in [0.5, 0.6) is 0 Å². The Morgan fingerprint density at radius 1 is 0.739 bits per heavy atom. The lowest BCUT2D eigenvalue weighted by atomic mass is 9.85. The van der Waals surface area contributed by atoms with Gasteiger partial charge in [0.2, 0.25) is 0 Å². The third-order valence-electron chi connectivity index (χ3n) is 4.28. The minimum Gasteiger partial charge on any atom is -0.265 e. The van der Waals surface area contributed by atoms with Crippen molar-refractivity contribution in [2.45, 2.75) is 60.8 Å². The SMILES string of the molecule is CC(C)(C)C1=CCC(CC2=NC=CC(C(C)(C)C)=CC2)=NC=C1. The van der Waals surface area contributed by atoms with Gasteiger partial charge in [0.25, 0.3) is 0 Å². The molecule has 0 saturated carbocycles. The normalized spacial score (nSPS) is 19.4. The van der Waals surface area contributed by atoms with E-state index in [9.17, 15) is 0 Å². The summed E-state index contributed by atoms with van der Waals surface area (Å²) in [6.45, 7) is 13.5.